The van der Waals surface area contributed by atoms with Crippen LogP contribution in [0, 0.1) is 0 Å². The Morgan fingerprint density at radius 2 is 1.96 bits per heavy atom. The van der Waals surface area contributed by atoms with Crippen LogP contribution in [0.15, 0.2) is 45.8 Å². The summed E-state index contributed by atoms with van der Waals surface area (Å²) in [5.74, 6) is -0.498. The Balaban J connectivity index is 1.96. The minimum Gasteiger partial charge on any atom is -0.387 e. The molecule has 130 valence electrons. The van der Waals surface area contributed by atoms with Crippen molar-refractivity contribution < 1.29 is 17.7 Å². The highest BCUT2D eigenvalue weighted by atomic mass is 19.4. The predicted octanol–water partition coefficient (Wildman–Crippen LogP) is 3.08. The Morgan fingerprint density at radius 1 is 1.24 bits per heavy atom. The largest absolute Gasteiger partial charge is 0.439 e. The first kappa shape index (κ1) is 16.7. The van der Waals surface area contributed by atoms with Crippen molar-refractivity contribution in [1.29, 1.82) is 0 Å². The number of rotatable bonds is 4. The van der Waals surface area contributed by atoms with Crippen LogP contribution in [0.4, 0.5) is 18.9 Å². The van der Waals surface area contributed by atoms with E-state index < -0.39 is 17.5 Å². The molecule has 3 rings (SSSR count). The third kappa shape index (κ3) is 3.70. The van der Waals surface area contributed by atoms with Gasteiger partial charge in [-0.1, -0.05) is 17.3 Å². The maximum atomic E-state index is 12.6. The van der Waals surface area contributed by atoms with E-state index in [2.05, 4.69) is 25.0 Å². The van der Waals surface area contributed by atoms with Crippen LogP contribution in [-0.2, 0) is 12.6 Å². The fourth-order valence-electron chi connectivity index (χ4n) is 2.33. The van der Waals surface area contributed by atoms with E-state index >= 15 is 0 Å². The van der Waals surface area contributed by atoms with E-state index in [1.165, 1.54) is 12.1 Å². The molecule has 0 saturated carbocycles. The van der Waals surface area contributed by atoms with Crippen molar-refractivity contribution in [1.82, 2.24) is 15.1 Å². The van der Waals surface area contributed by atoms with Crippen molar-refractivity contribution in [2.75, 3.05) is 12.4 Å². The van der Waals surface area contributed by atoms with Gasteiger partial charge in [0.25, 0.3) is 0 Å². The predicted molar refractivity (Wildman–Crippen MR) is 84.2 cm³/mol. The van der Waals surface area contributed by atoms with Crippen LogP contribution >= 0.6 is 0 Å². The first-order chi connectivity index (χ1) is 11.9. The molecule has 0 fully saturated rings. The van der Waals surface area contributed by atoms with E-state index in [1.807, 2.05) is 0 Å². The fraction of sp³-hybridized carbons (Fsp3) is 0.188. The molecular weight excluding hydrogens is 337 g/mol. The lowest BCUT2D eigenvalue weighted by Gasteiger charge is -2.10. The number of aromatic nitrogens is 3. The summed E-state index contributed by atoms with van der Waals surface area (Å²) in [4.78, 5) is 18.0. The first-order valence-corrected chi connectivity index (χ1v) is 7.26. The smallest absolute Gasteiger partial charge is 0.387 e. The molecule has 0 radical (unpaired) electrons. The second-order valence-corrected chi connectivity index (χ2v) is 5.28. The summed E-state index contributed by atoms with van der Waals surface area (Å²) >= 11 is 0. The first-order valence-electron chi connectivity index (χ1n) is 7.26. The molecule has 1 aromatic carbocycles. The maximum absolute atomic E-state index is 12.6. The molecular formula is C16H13F3N4O2. The summed E-state index contributed by atoms with van der Waals surface area (Å²) in [7, 11) is 1.71. The van der Waals surface area contributed by atoms with Gasteiger partial charge >= 0.3 is 11.9 Å². The van der Waals surface area contributed by atoms with Gasteiger partial charge in [0.1, 0.15) is 0 Å². The van der Waals surface area contributed by atoms with E-state index in [0.717, 1.165) is 12.1 Å². The molecule has 2 heterocycles. The second kappa shape index (κ2) is 6.42. The van der Waals surface area contributed by atoms with Crippen LogP contribution in [0.5, 0.6) is 0 Å². The molecule has 2 N–H and O–H groups in total. The highest BCUT2D eigenvalue weighted by molar-refractivity contribution is 5.64. The molecule has 6 nitrogen and oxygen atoms in total. The molecule has 0 saturated heterocycles. The number of alkyl halides is 3. The monoisotopic (exact) mass is 350 g/mol. The lowest BCUT2D eigenvalue weighted by Crippen LogP contribution is -2.05. The van der Waals surface area contributed by atoms with Crippen molar-refractivity contribution in [3.05, 3.63) is 63.9 Å². The van der Waals surface area contributed by atoms with Crippen LogP contribution < -0.4 is 11.1 Å². The number of nitrogens with one attached hydrogen (secondary N) is 2. The van der Waals surface area contributed by atoms with Crippen molar-refractivity contribution >= 4 is 5.69 Å². The lowest BCUT2D eigenvalue weighted by atomic mass is 10.0. The molecule has 9 heteroatoms. The van der Waals surface area contributed by atoms with Crippen LogP contribution in [0.1, 0.15) is 16.8 Å². The summed E-state index contributed by atoms with van der Waals surface area (Å²) in [6, 6.07) is 6.56. The third-order valence-electron chi connectivity index (χ3n) is 3.61. The number of hydrogen-bond donors (Lipinski definition) is 2. The van der Waals surface area contributed by atoms with Crippen LogP contribution in [0.3, 0.4) is 0 Å². The van der Waals surface area contributed by atoms with E-state index in [1.54, 1.807) is 19.3 Å². The standard InChI is InChI=1S/C16H13F3N4O2/c1-20-11-7-12(14-22-15(24)25-23-14)13(21-8-11)6-9-2-4-10(5-3-9)16(17,18)19/h2-5,7-8,20H,6H2,1H3,(H,22,23,24). The van der Waals surface area contributed by atoms with Gasteiger partial charge in [0.15, 0.2) is 5.82 Å². The SMILES string of the molecule is CNc1cnc(Cc2ccc(C(F)(F)F)cc2)c(-c2noc(=O)[nH]2)c1. The van der Waals surface area contributed by atoms with Crippen LogP contribution in [0.25, 0.3) is 11.4 Å². The van der Waals surface area contributed by atoms with Crippen molar-refractivity contribution in [2.45, 2.75) is 12.6 Å². The molecule has 25 heavy (non-hydrogen) atoms. The third-order valence-corrected chi connectivity index (χ3v) is 3.61. The van der Waals surface area contributed by atoms with Gasteiger partial charge in [-0.3, -0.25) is 14.5 Å². The van der Waals surface area contributed by atoms with Gasteiger partial charge in [-0.2, -0.15) is 13.2 Å². The summed E-state index contributed by atoms with van der Waals surface area (Å²) in [6.45, 7) is 0. The number of pyridine rings is 1. The van der Waals surface area contributed by atoms with Crippen molar-refractivity contribution in [3.63, 3.8) is 0 Å². The van der Waals surface area contributed by atoms with Gasteiger partial charge in [-0.05, 0) is 23.8 Å². The van der Waals surface area contributed by atoms with Crippen LogP contribution in [-0.4, -0.2) is 22.2 Å². The molecule has 0 unspecified atom stereocenters. The van der Waals surface area contributed by atoms with E-state index in [0.29, 0.717) is 22.5 Å². The summed E-state index contributed by atoms with van der Waals surface area (Å²) in [5, 5.41) is 6.57. The minimum absolute atomic E-state index is 0.205. The Hall–Kier alpha value is -3.10. The molecule has 3 aromatic rings. The Morgan fingerprint density at radius 3 is 2.52 bits per heavy atom. The number of H-pyrrole nitrogens is 1. The zero-order valence-corrected chi connectivity index (χ0v) is 13.0. The highest BCUT2D eigenvalue weighted by Crippen LogP contribution is 2.30. The maximum Gasteiger partial charge on any atom is 0.439 e. The summed E-state index contributed by atoms with van der Waals surface area (Å²) in [6.07, 6.45) is -2.52. The normalized spacial score (nSPS) is 11.5. The number of anilines is 1. The summed E-state index contributed by atoms with van der Waals surface area (Å²) in [5.41, 5.74) is 1.69. The average molecular weight is 350 g/mol. The van der Waals surface area contributed by atoms with Crippen molar-refractivity contribution in [3.8, 4) is 11.4 Å². The Bertz CT molecular complexity index is 930. The number of aromatic amines is 1. The molecule has 0 spiro atoms. The fourth-order valence-corrected chi connectivity index (χ4v) is 2.33. The highest BCUT2D eigenvalue weighted by Gasteiger charge is 2.30. The lowest BCUT2D eigenvalue weighted by molar-refractivity contribution is -0.137. The minimum atomic E-state index is -4.38. The topological polar surface area (TPSA) is 83.8 Å². The van der Waals surface area contributed by atoms with E-state index in [4.69, 9.17) is 0 Å². The zero-order chi connectivity index (χ0) is 18.0. The van der Waals surface area contributed by atoms with Gasteiger partial charge in [-0.25, -0.2) is 4.79 Å². The van der Waals surface area contributed by atoms with Gasteiger partial charge in [0.2, 0.25) is 0 Å². The second-order valence-electron chi connectivity index (χ2n) is 5.28. The number of halogens is 3. The van der Waals surface area contributed by atoms with E-state index in [9.17, 15) is 18.0 Å². The number of nitrogens with zero attached hydrogens (tertiary/aromatic N) is 2. The van der Waals surface area contributed by atoms with E-state index in [-0.39, 0.29) is 12.2 Å². The molecule has 0 atom stereocenters. The van der Waals surface area contributed by atoms with Gasteiger partial charge in [-0.15, -0.1) is 0 Å². The van der Waals surface area contributed by atoms with Crippen molar-refractivity contribution in [2.24, 2.45) is 0 Å². The van der Waals surface area contributed by atoms with Gasteiger partial charge in [0.05, 0.1) is 23.1 Å². The zero-order valence-electron chi connectivity index (χ0n) is 13.0. The van der Waals surface area contributed by atoms with Gasteiger partial charge < -0.3 is 5.32 Å². The van der Waals surface area contributed by atoms with Gasteiger partial charge in [0, 0.05) is 19.0 Å². The molecule has 2 aromatic heterocycles. The molecule has 0 aliphatic heterocycles. The Labute approximate surface area is 139 Å². The Kier molecular flexibility index (Phi) is 4.30. The number of hydrogen-bond acceptors (Lipinski definition) is 5. The molecule has 0 amide bonds. The molecule has 0 aliphatic carbocycles. The number of benzene rings is 1. The molecule has 0 bridgehead atoms. The molecule has 0 aliphatic rings. The quantitative estimate of drug-likeness (QED) is 0.755. The average Bonchev–Trinajstić information content (AvgIpc) is 3.01. The summed E-state index contributed by atoms with van der Waals surface area (Å²) < 4.78 is 42.5. The van der Waals surface area contributed by atoms with Crippen LogP contribution in [0.2, 0.25) is 0 Å².